The van der Waals surface area contributed by atoms with Gasteiger partial charge in [-0.1, -0.05) is 13.8 Å². The number of hydrogen-bond donors (Lipinski definition) is 2. The van der Waals surface area contributed by atoms with Gasteiger partial charge in [0.1, 0.15) is 5.52 Å². The summed E-state index contributed by atoms with van der Waals surface area (Å²) in [5.41, 5.74) is 6.05. The van der Waals surface area contributed by atoms with Crippen molar-refractivity contribution >= 4 is 26.2 Å². The highest BCUT2D eigenvalue weighted by molar-refractivity contribution is 7.16. The van der Waals surface area contributed by atoms with E-state index in [9.17, 15) is 4.39 Å². The molecule has 2 aromatic rings. The first-order valence-corrected chi connectivity index (χ1v) is 6.18. The van der Waals surface area contributed by atoms with E-state index in [1.165, 1.54) is 12.5 Å². The summed E-state index contributed by atoms with van der Waals surface area (Å²) < 4.78 is 12.4. The fourth-order valence-electron chi connectivity index (χ4n) is 0.828. The third-order valence-electron chi connectivity index (χ3n) is 1.76. The van der Waals surface area contributed by atoms with Gasteiger partial charge in [-0.25, -0.2) is 4.98 Å². The lowest BCUT2D eigenvalue weighted by Gasteiger charge is -1.91. The van der Waals surface area contributed by atoms with Crippen LogP contribution in [0.2, 0.25) is 0 Å². The van der Waals surface area contributed by atoms with Crippen molar-refractivity contribution in [2.24, 2.45) is 5.92 Å². The van der Waals surface area contributed by atoms with Gasteiger partial charge < -0.3 is 10.7 Å². The number of nitrogen functional groups attached to an aromatic ring is 1. The molecule has 0 aliphatic rings. The van der Waals surface area contributed by atoms with Crippen molar-refractivity contribution in [3.8, 4) is 0 Å². The summed E-state index contributed by atoms with van der Waals surface area (Å²) >= 11 is 0. The molecule has 0 aliphatic carbocycles. The molecular weight excluding hydrogens is 252 g/mol. The van der Waals surface area contributed by atoms with Gasteiger partial charge in [0.2, 0.25) is 0 Å². The van der Waals surface area contributed by atoms with Crippen molar-refractivity contribution in [3.05, 3.63) is 25.6 Å². The highest BCUT2D eigenvalue weighted by Gasteiger charge is 2.04. The molecule has 2 aromatic heterocycles. The van der Waals surface area contributed by atoms with Crippen LogP contribution in [-0.2, 0) is 0 Å². The number of nitrogens with zero attached hydrogens (tertiary/aromatic N) is 3. The Balaban J connectivity index is 0.000000354. The first-order valence-electron chi connectivity index (χ1n) is 5.36. The van der Waals surface area contributed by atoms with Crippen molar-refractivity contribution < 1.29 is 4.39 Å². The highest BCUT2D eigenvalue weighted by atomic mass is 31.0. The Hall–Kier alpha value is -1.55. The molecule has 0 spiro atoms. The van der Waals surface area contributed by atoms with Crippen molar-refractivity contribution in [1.82, 2.24) is 19.9 Å². The predicted octanol–water partition coefficient (Wildman–Crippen LogP) is 2.39. The second kappa shape index (κ2) is 8.53. The predicted molar refractivity (Wildman–Crippen MR) is 76.7 cm³/mol. The standard InChI is InChI=1S/C5H4FN5.C4H11P.C2H4/c6-5-10-3(7)2-4(11-5)9-1-8-2;1-4(2)3-5;1-2/h1H,(H3,7,8,9,10,11);4H,3,5H2,1-2H3;1-2H2. The van der Waals surface area contributed by atoms with Crippen LogP contribution in [0.25, 0.3) is 11.2 Å². The third kappa shape index (κ3) is 5.19. The second-order valence-electron chi connectivity index (χ2n) is 3.61. The minimum Gasteiger partial charge on any atom is -0.382 e. The molecule has 0 aliphatic heterocycles. The van der Waals surface area contributed by atoms with E-state index in [-0.39, 0.29) is 11.5 Å². The van der Waals surface area contributed by atoms with Gasteiger partial charge in [0, 0.05) is 0 Å². The van der Waals surface area contributed by atoms with Crippen LogP contribution in [0.1, 0.15) is 13.8 Å². The smallest absolute Gasteiger partial charge is 0.312 e. The van der Waals surface area contributed by atoms with Crippen molar-refractivity contribution in [1.29, 1.82) is 0 Å². The third-order valence-corrected chi connectivity index (χ3v) is 2.70. The molecule has 0 radical (unpaired) electrons. The summed E-state index contributed by atoms with van der Waals surface area (Å²) in [5, 5.41) is 0. The van der Waals surface area contributed by atoms with Crippen molar-refractivity contribution in [2.45, 2.75) is 13.8 Å². The Kier molecular flexibility index (Phi) is 7.79. The van der Waals surface area contributed by atoms with Gasteiger partial charge in [0.15, 0.2) is 11.5 Å². The summed E-state index contributed by atoms with van der Waals surface area (Å²) in [6, 6.07) is 0. The number of fused-ring (bicyclic) bond motifs is 1. The van der Waals surface area contributed by atoms with Crippen LogP contribution in [0, 0.1) is 12.0 Å². The molecule has 1 atom stereocenters. The molecular formula is C11H19FN5P. The van der Waals surface area contributed by atoms with E-state index in [4.69, 9.17) is 5.73 Å². The first-order chi connectivity index (χ1) is 8.54. The summed E-state index contributed by atoms with van der Waals surface area (Å²) in [6.07, 6.45) is 1.75. The number of nitrogens with one attached hydrogen (secondary N) is 1. The Morgan fingerprint density at radius 3 is 2.50 bits per heavy atom. The van der Waals surface area contributed by atoms with E-state index in [0.29, 0.717) is 5.52 Å². The SMILES string of the molecule is C=C.CC(C)CP.Nc1nc(F)nc2nc[nH]c12. The number of anilines is 1. The van der Waals surface area contributed by atoms with E-state index >= 15 is 0 Å². The summed E-state index contributed by atoms with van der Waals surface area (Å²) in [6.45, 7) is 10.4. The van der Waals surface area contributed by atoms with E-state index in [1.807, 2.05) is 0 Å². The van der Waals surface area contributed by atoms with E-state index in [1.54, 1.807) is 0 Å². The normalized spacial score (nSPS) is 9.39. The number of nitrogens with two attached hydrogens (primary N) is 1. The maximum absolute atomic E-state index is 12.4. The number of aromatic nitrogens is 4. The molecule has 2 rings (SSSR count). The fourth-order valence-corrected chi connectivity index (χ4v) is 0.828. The molecule has 0 saturated heterocycles. The van der Waals surface area contributed by atoms with Crippen LogP contribution in [0.3, 0.4) is 0 Å². The summed E-state index contributed by atoms with van der Waals surface area (Å²) in [4.78, 5) is 13.1. The van der Waals surface area contributed by atoms with Gasteiger partial charge in [-0.2, -0.15) is 14.4 Å². The van der Waals surface area contributed by atoms with Gasteiger partial charge in [0.25, 0.3) is 0 Å². The quantitative estimate of drug-likeness (QED) is 0.474. The van der Waals surface area contributed by atoms with Crippen LogP contribution in [0.4, 0.5) is 10.2 Å². The molecule has 7 heteroatoms. The van der Waals surface area contributed by atoms with Crippen molar-refractivity contribution in [2.75, 3.05) is 11.9 Å². The lowest BCUT2D eigenvalue weighted by atomic mass is 10.3. The number of rotatable bonds is 1. The molecule has 0 saturated carbocycles. The number of H-pyrrole nitrogens is 1. The molecule has 1 unspecified atom stereocenters. The molecule has 3 N–H and O–H groups in total. The molecule has 5 nitrogen and oxygen atoms in total. The van der Waals surface area contributed by atoms with Gasteiger partial charge in [-0.3, -0.25) is 0 Å². The zero-order valence-electron chi connectivity index (χ0n) is 10.7. The molecule has 18 heavy (non-hydrogen) atoms. The van der Waals surface area contributed by atoms with Crippen LogP contribution in [-0.4, -0.2) is 26.1 Å². The highest BCUT2D eigenvalue weighted by Crippen LogP contribution is 2.11. The monoisotopic (exact) mass is 271 g/mol. The zero-order valence-corrected chi connectivity index (χ0v) is 11.8. The Labute approximate surface area is 108 Å². The maximum atomic E-state index is 12.4. The van der Waals surface area contributed by atoms with E-state index in [0.717, 1.165) is 5.92 Å². The Morgan fingerprint density at radius 2 is 2.00 bits per heavy atom. The molecule has 100 valence electrons. The van der Waals surface area contributed by atoms with Crippen molar-refractivity contribution in [3.63, 3.8) is 0 Å². The second-order valence-corrected chi connectivity index (χ2v) is 4.08. The topological polar surface area (TPSA) is 80.5 Å². The number of aromatic amines is 1. The Bertz CT molecular complexity index is 471. The van der Waals surface area contributed by atoms with Gasteiger partial charge in [-0.15, -0.1) is 22.4 Å². The van der Waals surface area contributed by atoms with E-state index in [2.05, 4.69) is 56.2 Å². The van der Waals surface area contributed by atoms with Crippen LogP contribution >= 0.6 is 9.24 Å². The molecule has 0 amide bonds. The average Bonchev–Trinajstić information content (AvgIpc) is 2.80. The number of halogens is 1. The summed E-state index contributed by atoms with van der Waals surface area (Å²) in [7, 11) is 2.69. The lowest BCUT2D eigenvalue weighted by molar-refractivity contribution is 0.546. The maximum Gasteiger partial charge on any atom is 0.312 e. The molecule has 0 aromatic carbocycles. The van der Waals surface area contributed by atoms with Crippen LogP contribution in [0.15, 0.2) is 19.5 Å². The van der Waals surface area contributed by atoms with Gasteiger partial charge in [-0.05, 0) is 12.1 Å². The van der Waals surface area contributed by atoms with Crippen LogP contribution < -0.4 is 5.73 Å². The van der Waals surface area contributed by atoms with E-state index < -0.39 is 6.08 Å². The Morgan fingerprint density at radius 1 is 1.44 bits per heavy atom. The van der Waals surface area contributed by atoms with Gasteiger partial charge >= 0.3 is 6.08 Å². The molecule has 2 heterocycles. The largest absolute Gasteiger partial charge is 0.382 e. The lowest BCUT2D eigenvalue weighted by Crippen LogP contribution is -1.97. The minimum atomic E-state index is -0.859. The van der Waals surface area contributed by atoms with Gasteiger partial charge in [0.05, 0.1) is 6.33 Å². The molecule has 0 fully saturated rings. The molecule has 0 bridgehead atoms. The fraction of sp³-hybridized carbons (Fsp3) is 0.364. The average molecular weight is 271 g/mol. The van der Waals surface area contributed by atoms with Crippen LogP contribution in [0.5, 0.6) is 0 Å². The zero-order chi connectivity index (χ0) is 14.1. The number of imidazole rings is 1. The number of hydrogen-bond acceptors (Lipinski definition) is 4. The minimum absolute atomic E-state index is 0.0741. The first kappa shape index (κ1) is 16.4. The summed E-state index contributed by atoms with van der Waals surface area (Å²) in [5.74, 6) is 0.921.